The van der Waals surface area contributed by atoms with Crippen molar-refractivity contribution in [1.29, 1.82) is 0 Å². The van der Waals surface area contributed by atoms with Crippen LogP contribution >= 0.6 is 0 Å². The van der Waals surface area contributed by atoms with Gasteiger partial charge in [-0.15, -0.1) is 0 Å². The highest BCUT2D eigenvalue weighted by Crippen LogP contribution is 2.41. The van der Waals surface area contributed by atoms with E-state index in [0.717, 1.165) is 24.9 Å². The lowest BCUT2D eigenvalue weighted by atomic mass is 9.85. The number of rotatable bonds is 8. The van der Waals surface area contributed by atoms with E-state index in [0.29, 0.717) is 43.5 Å². The Morgan fingerprint density at radius 1 is 1.03 bits per heavy atom. The number of amides is 2. The monoisotopic (exact) mass is 406 g/mol. The van der Waals surface area contributed by atoms with Crippen LogP contribution in [0.5, 0.6) is 17.2 Å². The van der Waals surface area contributed by atoms with E-state index in [2.05, 4.69) is 0 Å². The molecule has 0 N–H and O–H groups in total. The van der Waals surface area contributed by atoms with Crippen molar-refractivity contribution in [3.8, 4) is 17.2 Å². The summed E-state index contributed by atoms with van der Waals surface area (Å²) >= 11 is 0. The molecule has 8 nitrogen and oxygen atoms in total. The minimum absolute atomic E-state index is 0.000658. The van der Waals surface area contributed by atoms with Crippen LogP contribution in [0.25, 0.3) is 0 Å². The molecule has 1 atom stereocenters. The zero-order chi connectivity index (χ0) is 21.0. The third kappa shape index (κ3) is 4.12. The smallest absolute Gasteiger partial charge is 0.230 e. The number of hydrogen-bond donors (Lipinski definition) is 0. The van der Waals surface area contributed by atoms with Crippen LogP contribution in [0, 0.1) is 5.41 Å². The fraction of sp³-hybridized carbons (Fsp3) is 0.619. The number of hydrogen-bond acceptors (Lipinski definition) is 6. The summed E-state index contributed by atoms with van der Waals surface area (Å²) in [5.74, 6) is 1.69. The SMILES string of the molecule is COCCN1CCC2(CCN(C(=O)Cc3cc(OC)c(OC)c(OC)c3)C2)C1=O. The van der Waals surface area contributed by atoms with Crippen LogP contribution in [0.1, 0.15) is 18.4 Å². The first kappa shape index (κ1) is 21.2. The van der Waals surface area contributed by atoms with Gasteiger partial charge in [-0.2, -0.15) is 0 Å². The van der Waals surface area contributed by atoms with Gasteiger partial charge in [0, 0.05) is 33.3 Å². The van der Waals surface area contributed by atoms with Crippen molar-refractivity contribution in [3.63, 3.8) is 0 Å². The molecule has 160 valence electrons. The van der Waals surface area contributed by atoms with Crippen molar-refractivity contribution < 1.29 is 28.5 Å². The molecule has 3 rings (SSSR count). The Morgan fingerprint density at radius 2 is 1.69 bits per heavy atom. The summed E-state index contributed by atoms with van der Waals surface area (Å²) in [6.07, 6.45) is 1.73. The van der Waals surface area contributed by atoms with Crippen LogP contribution in [0.15, 0.2) is 12.1 Å². The van der Waals surface area contributed by atoms with Crippen molar-refractivity contribution in [2.24, 2.45) is 5.41 Å². The summed E-state index contributed by atoms with van der Waals surface area (Å²) in [7, 11) is 6.28. The maximum Gasteiger partial charge on any atom is 0.230 e. The number of carbonyl (C=O) groups excluding carboxylic acids is 2. The standard InChI is InChI=1S/C21H30N2O6/c1-26-10-9-22-7-5-21(20(22)25)6-8-23(14-21)18(24)13-15-11-16(27-2)19(29-4)17(12-15)28-3/h11-12H,5-10,13-14H2,1-4H3. The largest absolute Gasteiger partial charge is 0.493 e. The summed E-state index contributed by atoms with van der Waals surface area (Å²) in [5.41, 5.74) is 0.350. The molecule has 0 saturated carbocycles. The predicted octanol–water partition coefficient (Wildman–Crippen LogP) is 1.35. The van der Waals surface area contributed by atoms with Gasteiger partial charge in [0.25, 0.3) is 0 Å². The molecule has 2 aliphatic heterocycles. The van der Waals surface area contributed by atoms with Gasteiger partial charge in [-0.3, -0.25) is 9.59 Å². The zero-order valence-electron chi connectivity index (χ0n) is 17.7. The van der Waals surface area contributed by atoms with Gasteiger partial charge in [0.15, 0.2) is 11.5 Å². The highest BCUT2D eigenvalue weighted by molar-refractivity contribution is 5.87. The Morgan fingerprint density at radius 3 is 2.28 bits per heavy atom. The molecule has 1 aromatic rings. The first-order chi connectivity index (χ1) is 14.0. The fourth-order valence-electron chi connectivity index (χ4n) is 4.30. The van der Waals surface area contributed by atoms with Crippen LogP contribution in [0.2, 0.25) is 0 Å². The lowest BCUT2D eigenvalue weighted by molar-refractivity contribution is -0.136. The van der Waals surface area contributed by atoms with Gasteiger partial charge < -0.3 is 28.7 Å². The maximum atomic E-state index is 12.9. The zero-order valence-corrected chi connectivity index (χ0v) is 17.7. The minimum Gasteiger partial charge on any atom is -0.493 e. The normalized spacial score (nSPS) is 21.2. The van der Waals surface area contributed by atoms with Crippen molar-refractivity contribution in [2.45, 2.75) is 19.3 Å². The maximum absolute atomic E-state index is 12.9. The second kappa shape index (κ2) is 8.90. The third-order valence-electron chi connectivity index (χ3n) is 5.95. The molecule has 2 aliphatic rings. The second-order valence-corrected chi connectivity index (χ2v) is 7.59. The number of methoxy groups -OCH3 is 4. The summed E-state index contributed by atoms with van der Waals surface area (Å²) in [6.45, 7) is 2.96. The van der Waals surface area contributed by atoms with Crippen molar-refractivity contribution in [1.82, 2.24) is 9.80 Å². The number of ether oxygens (including phenoxy) is 4. The van der Waals surface area contributed by atoms with E-state index in [4.69, 9.17) is 18.9 Å². The van der Waals surface area contributed by atoms with Crippen LogP contribution in [-0.4, -0.2) is 82.8 Å². The number of carbonyl (C=O) groups is 2. The van der Waals surface area contributed by atoms with Crippen molar-refractivity contribution >= 4 is 11.8 Å². The molecule has 2 saturated heterocycles. The molecule has 0 bridgehead atoms. The highest BCUT2D eigenvalue weighted by Gasteiger charge is 2.51. The van der Waals surface area contributed by atoms with Gasteiger partial charge in [-0.25, -0.2) is 0 Å². The van der Waals surface area contributed by atoms with E-state index in [-0.39, 0.29) is 18.2 Å². The van der Waals surface area contributed by atoms with E-state index < -0.39 is 5.41 Å². The molecular formula is C21H30N2O6. The average Bonchev–Trinajstić information content (AvgIpc) is 3.30. The van der Waals surface area contributed by atoms with E-state index in [1.165, 1.54) is 0 Å². The van der Waals surface area contributed by atoms with Gasteiger partial charge in [0.05, 0.1) is 39.8 Å². The predicted molar refractivity (Wildman–Crippen MR) is 107 cm³/mol. The third-order valence-corrected chi connectivity index (χ3v) is 5.95. The minimum atomic E-state index is -0.432. The lowest BCUT2D eigenvalue weighted by Crippen LogP contribution is -2.39. The van der Waals surface area contributed by atoms with Gasteiger partial charge in [0.2, 0.25) is 17.6 Å². The average molecular weight is 406 g/mol. The highest BCUT2D eigenvalue weighted by atomic mass is 16.5. The van der Waals surface area contributed by atoms with E-state index >= 15 is 0 Å². The molecule has 0 radical (unpaired) electrons. The fourth-order valence-corrected chi connectivity index (χ4v) is 4.30. The molecule has 29 heavy (non-hydrogen) atoms. The summed E-state index contributed by atoms with van der Waals surface area (Å²) in [4.78, 5) is 29.5. The van der Waals surface area contributed by atoms with E-state index in [1.807, 2.05) is 4.90 Å². The first-order valence-corrected chi connectivity index (χ1v) is 9.83. The summed E-state index contributed by atoms with van der Waals surface area (Å²) in [5, 5.41) is 0. The molecule has 2 amide bonds. The molecule has 2 heterocycles. The Kier molecular flexibility index (Phi) is 6.52. The molecule has 2 fully saturated rings. The van der Waals surface area contributed by atoms with Gasteiger partial charge in [-0.1, -0.05) is 0 Å². The van der Waals surface area contributed by atoms with Crippen LogP contribution in [-0.2, 0) is 20.7 Å². The van der Waals surface area contributed by atoms with Crippen LogP contribution < -0.4 is 14.2 Å². The molecule has 0 aliphatic carbocycles. The number of benzene rings is 1. The van der Waals surface area contributed by atoms with Crippen LogP contribution in [0.3, 0.4) is 0 Å². The lowest BCUT2D eigenvalue weighted by Gasteiger charge is -2.24. The second-order valence-electron chi connectivity index (χ2n) is 7.59. The van der Waals surface area contributed by atoms with E-state index in [1.54, 1.807) is 45.5 Å². The van der Waals surface area contributed by atoms with E-state index in [9.17, 15) is 9.59 Å². The Labute approximate surface area is 171 Å². The Bertz CT molecular complexity index is 743. The summed E-state index contributed by atoms with van der Waals surface area (Å²) in [6, 6.07) is 3.58. The summed E-state index contributed by atoms with van der Waals surface area (Å²) < 4.78 is 21.2. The quantitative estimate of drug-likeness (QED) is 0.649. The first-order valence-electron chi connectivity index (χ1n) is 9.83. The topological polar surface area (TPSA) is 77.5 Å². The molecule has 1 aromatic carbocycles. The number of likely N-dealkylation sites (tertiary alicyclic amines) is 2. The van der Waals surface area contributed by atoms with Crippen LogP contribution in [0.4, 0.5) is 0 Å². The molecular weight excluding hydrogens is 376 g/mol. The van der Waals surface area contributed by atoms with Gasteiger partial charge >= 0.3 is 0 Å². The Hall–Kier alpha value is -2.48. The van der Waals surface area contributed by atoms with Crippen molar-refractivity contribution in [3.05, 3.63) is 17.7 Å². The molecule has 1 unspecified atom stereocenters. The molecule has 0 aromatic heterocycles. The molecule has 1 spiro atoms. The van der Waals surface area contributed by atoms with Gasteiger partial charge in [-0.05, 0) is 30.5 Å². The Balaban J connectivity index is 1.68. The molecule has 8 heteroatoms. The number of nitrogens with zero attached hydrogens (tertiary/aromatic N) is 2. The van der Waals surface area contributed by atoms with Gasteiger partial charge in [0.1, 0.15) is 0 Å². The van der Waals surface area contributed by atoms with Crippen molar-refractivity contribution in [2.75, 3.05) is 61.2 Å².